The van der Waals surface area contributed by atoms with Gasteiger partial charge in [0.25, 0.3) is 11.5 Å². The van der Waals surface area contributed by atoms with E-state index in [-0.39, 0.29) is 0 Å². The van der Waals surface area contributed by atoms with Gasteiger partial charge in [0.2, 0.25) is 0 Å². The molecule has 0 bridgehead atoms. The van der Waals surface area contributed by atoms with Crippen LogP contribution in [0, 0.1) is 0 Å². The summed E-state index contributed by atoms with van der Waals surface area (Å²) in [7, 11) is 0. The van der Waals surface area contributed by atoms with Crippen molar-refractivity contribution in [3.8, 4) is 5.75 Å². The number of benzene rings is 3. The molecule has 9 nitrogen and oxygen atoms in total. The zero-order valence-corrected chi connectivity index (χ0v) is 18.4. The molecule has 172 valence electrons. The van der Waals surface area contributed by atoms with Crippen LogP contribution in [0.5, 0.6) is 5.75 Å². The number of hydrogen-bond donors (Lipinski definition) is 1. The first-order valence-corrected chi connectivity index (χ1v) is 10.6. The highest BCUT2D eigenvalue weighted by molar-refractivity contribution is 5.95. The summed E-state index contributed by atoms with van der Waals surface area (Å²) in [5, 5.41) is 10.7. The lowest BCUT2D eigenvalue weighted by atomic mass is 10.2. The molecule has 0 aliphatic heterocycles. The monoisotopic (exact) mass is 458 g/mol. The van der Waals surface area contributed by atoms with Gasteiger partial charge in [-0.15, -0.1) is 5.10 Å². The summed E-state index contributed by atoms with van der Waals surface area (Å²) < 4.78 is 11.8. The number of esters is 1. The number of nitrogens with zero attached hydrogens (tertiary/aromatic N) is 3. The lowest BCUT2D eigenvalue weighted by Gasteiger charge is -2.14. The molecule has 1 aromatic heterocycles. The Bertz CT molecular complexity index is 1350. The van der Waals surface area contributed by atoms with E-state index in [0.29, 0.717) is 28.9 Å². The van der Waals surface area contributed by atoms with Gasteiger partial charge in [-0.2, -0.15) is 4.68 Å². The molecule has 1 atom stereocenters. The van der Waals surface area contributed by atoms with E-state index in [9.17, 15) is 14.4 Å². The van der Waals surface area contributed by atoms with Crippen LogP contribution in [-0.2, 0) is 27.5 Å². The number of amides is 1. The number of fused-ring (bicyclic) bond motifs is 1. The fraction of sp³-hybridized carbons (Fsp3) is 0.160. The SMILES string of the molecule is CC(OC(=O)Cn1nnc2ccccc2c1=O)C(=O)Nc1ccc(OCc2ccccc2)cc1. The zero-order chi connectivity index (χ0) is 23.9. The van der Waals surface area contributed by atoms with Crippen LogP contribution in [0.25, 0.3) is 10.9 Å². The van der Waals surface area contributed by atoms with Crippen LogP contribution in [0.1, 0.15) is 12.5 Å². The number of rotatable bonds is 8. The highest BCUT2D eigenvalue weighted by atomic mass is 16.5. The standard InChI is InChI=1S/C25H22N4O5/c1-17(34-23(30)15-29-25(32)21-9-5-6-10-22(21)27-28-29)24(31)26-19-11-13-20(14-12-19)33-16-18-7-3-2-4-8-18/h2-14,17H,15-16H2,1H3,(H,26,31). The van der Waals surface area contributed by atoms with Crippen LogP contribution < -0.4 is 15.6 Å². The van der Waals surface area contributed by atoms with Gasteiger partial charge in [0, 0.05) is 5.69 Å². The fourth-order valence-corrected chi connectivity index (χ4v) is 3.16. The quantitative estimate of drug-likeness (QED) is 0.404. The van der Waals surface area contributed by atoms with Crippen molar-refractivity contribution in [3.63, 3.8) is 0 Å². The van der Waals surface area contributed by atoms with Gasteiger partial charge in [0.1, 0.15) is 24.4 Å². The predicted molar refractivity (Wildman–Crippen MR) is 125 cm³/mol. The van der Waals surface area contributed by atoms with E-state index in [4.69, 9.17) is 9.47 Å². The number of aromatic nitrogens is 3. The Kier molecular flexibility index (Phi) is 6.92. The van der Waals surface area contributed by atoms with Gasteiger partial charge >= 0.3 is 5.97 Å². The van der Waals surface area contributed by atoms with E-state index in [1.165, 1.54) is 6.92 Å². The Morgan fingerprint density at radius 3 is 2.44 bits per heavy atom. The minimum Gasteiger partial charge on any atom is -0.489 e. The molecule has 0 spiro atoms. The van der Waals surface area contributed by atoms with Crippen LogP contribution in [0.2, 0.25) is 0 Å². The second-order valence-electron chi connectivity index (χ2n) is 7.49. The molecule has 0 fully saturated rings. The lowest BCUT2D eigenvalue weighted by Crippen LogP contribution is -2.34. The summed E-state index contributed by atoms with van der Waals surface area (Å²) in [6.07, 6.45) is -1.08. The van der Waals surface area contributed by atoms with Crippen LogP contribution >= 0.6 is 0 Å². The molecule has 3 aromatic carbocycles. The minimum absolute atomic E-state index is 0.340. The first kappa shape index (κ1) is 22.7. The average molecular weight is 458 g/mol. The van der Waals surface area contributed by atoms with Gasteiger partial charge in [-0.3, -0.25) is 14.4 Å². The molecular formula is C25H22N4O5. The third-order valence-corrected chi connectivity index (χ3v) is 4.96. The van der Waals surface area contributed by atoms with Crippen molar-refractivity contribution in [1.82, 2.24) is 15.0 Å². The summed E-state index contributed by atoms with van der Waals surface area (Å²) in [6.45, 7) is 1.42. The van der Waals surface area contributed by atoms with E-state index in [0.717, 1.165) is 10.2 Å². The predicted octanol–water partition coefficient (Wildman–Crippen LogP) is 2.94. The second kappa shape index (κ2) is 10.4. The molecule has 4 aromatic rings. The molecule has 1 N–H and O–H groups in total. The maximum Gasteiger partial charge on any atom is 0.328 e. The maximum absolute atomic E-state index is 12.4. The second-order valence-corrected chi connectivity index (χ2v) is 7.49. The van der Waals surface area contributed by atoms with E-state index in [2.05, 4.69) is 15.6 Å². The van der Waals surface area contributed by atoms with E-state index in [1.807, 2.05) is 30.3 Å². The molecule has 1 heterocycles. The Labute approximate surface area is 194 Å². The van der Waals surface area contributed by atoms with Gasteiger partial charge in [-0.1, -0.05) is 47.7 Å². The van der Waals surface area contributed by atoms with Crippen LogP contribution in [0.15, 0.2) is 83.7 Å². The van der Waals surface area contributed by atoms with Crippen molar-refractivity contribution in [2.24, 2.45) is 0 Å². The molecule has 1 amide bonds. The Balaban J connectivity index is 1.29. The molecule has 0 aliphatic carbocycles. The fourth-order valence-electron chi connectivity index (χ4n) is 3.16. The lowest BCUT2D eigenvalue weighted by molar-refractivity contribution is -0.154. The molecular weight excluding hydrogens is 436 g/mol. The molecule has 9 heteroatoms. The number of hydrogen-bond acceptors (Lipinski definition) is 7. The maximum atomic E-state index is 12.4. The summed E-state index contributed by atoms with van der Waals surface area (Å²) in [6, 6.07) is 23.3. The Morgan fingerprint density at radius 1 is 0.971 bits per heavy atom. The summed E-state index contributed by atoms with van der Waals surface area (Å²) in [4.78, 5) is 37.1. The van der Waals surface area contributed by atoms with Gasteiger partial charge in [-0.05, 0) is 48.9 Å². The van der Waals surface area contributed by atoms with Crippen molar-refractivity contribution >= 4 is 28.5 Å². The van der Waals surface area contributed by atoms with Crippen LogP contribution in [0.4, 0.5) is 5.69 Å². The first-order valence-electron chi connectivity index (χ1n) is 10.6. The normalized spacial score (nSPS) is 11.6. The number of ether oxygens (including phenoxy) is 2. The summed E-state index contributed by atoms with van der Waals surface area (Å²) in [5.74, 6) is -0.634. The third kappa shape index (κ3) is 5.63. The molecule has 0 aliphatic rings. The van der Waals surface area contributed by atoms with Gasteiger partial charge < -0.3 is 14.8 Å². The average Bonchev–Trinajstić information content (AvgIpc) is 2.86. The van der Waals surface area contributed by atoms with Gasteiger partial charge in [0.05, 0.1) is 5.39 Å². The van der Waals surface area contributed by atoms with Crippen LogP contribution in [-0.4, -0.2) is 33.0 Å². The zero-order valence-electron chi connectivity index (χ0n) is 18.4. The topological polar surface area (TPSA) is 112 Å². The van der Waals surface area contributed by atoms with Crippen molar-refractivity contribution in [2.45, 2.75) is 26.2 Å². The van der Waals surface area contributed by atoms with E-state index < -0.39 is 30.1 Å². The van der Waals surface area contributed by atoms with Crippen molar-refractivity contribution in [1.29, 1.82) is 0 Å². The highest BCUT2D eigenvalue weighted by Gasteiger charge is 2.19. The van der Waals surface area contributed by atoms with Crippen molar-refractivity contribution in [2.75, 3.05) is 5.32 Å². The number of carbonyl (C=O) groups is 2. The van der Waals surface area contributed by atoms with Crippen molar-refractivity contribution < 1.29 is 19.1 Å². The molecule has 0 saturated carbocycles. The van der Waals surface area contributed by atoms with E-state index >= 15 is 0 Å². The summed E-state index contributed by atoms with van der Waals surface area (Å²) in [5.41, 5.74) is 1.54. The molecule has 0 radical (unpaired) electrons. The molecule has 1 unspecified atom stereocenters. The smallest absolute Gasteiger partial charge is 0.328 e. The highest BCUT2D eigenvalue weighted by Crippen LogP contribution is 2.17. The van der Waals surface area contributed by atoms with Gasteiger partial charge in [0.15, 0.2) is 6.10 Å². The Hall–Kier alpha value is -4.53. The molecule has 0 saturated heterocycles. The minimum atomic E-state index is -1.08. The largest absolute Gasteiger partial charge is 0.489 e. The number of nitrogens with one attached hydrogen (secondary N) is 1. The molecule has 34 heavy (non-hydrogen) atoms. The first-order chi connectivity index (χ1) is 16.5. The van der Waals surface area contributed by atoms with Crippen LogP contribution in [0.3, 0.4) is 0 Å². The van der Waals surface area contributed by atoms with E-state index in [1.54, 1.807) is 48.5 Å². The number of anilines is 1. The number of carbonyl (C=O) groups excluding carboxylic acids is 2. The molecule has 4 rings (SSSR count). The summed E-state index contributed by atoms with van der Waals surface area (Å²) >= 11 is 0. The Morgan fingerprint density at radius 2 is 1.68 bits per heavy atom. The van der Waals surface area contributed by atoms with Gasteiger partial charge in [-0.25, -0.2) is 0 Å². The van der Waals surface area contributed by atoms with Crippen molar-refractivity contribution in [3.05, 3.63) is 94.8 Å². The third-order valence-electron chi connectivity index (χ3n) is 4.96.